The van der Waals surface area contributed by atoms with Crippen LogP contribution in [-0.4, -0.2) is 22.5 Å². The predicted molar refractivity (Wildman–Crippen MR) is 75.7 cm³/mol. The molecule has 1 amide bonds. The van der Waals surface area contributed by atoms with E-state index in [1.54, 1.807) is 27.7 Å². The SMILES string of the molecule is CC(=O)CCc1sc(NC(=O)OC(C)(C)C)nc1C. The first-order valence-electron chi connectivity index (χ1n) is 6.13. The van der Waals surface area contributed by atoms with Crippen LogP contribution in [0.15, 0.2) is 0 Å². The van der Waals surface area contributed by atoms with Crippen LogP contribution in [0.5, 0.6) is 0 Å². The fraction of sp³-hybridized carbons (Fsp3) is 0.615. The number of hydrogen-bond acceptors (Lipinski definition) is 5. The number of rotatable bonds is 4. The van der Waals surface area contributed by atoms with Crippen molar-refractivity contribution in [3.63, 3.8) is 0 Å². The van der Waals surface area contributed by atoms with Crippen LogP contribution in [-0.2, 0) is 16.0 Å². The number of ketones is 1. The highest BCUT2D eigenvalue weighted by atomic mass is 32.1. The zero-order chi connectivity index (χ0) is 14.6. The molecule has 0 unspecified atom stereocenters. The van der Waals surface area contributed by atoms with E-state index in [2.05, 4.69) is 10.3 Å². The molecule has 5 nitrogen and oxygen atoms in total. The van der Waals surface area contributed by atoms with Gasteiger partial charge in [-0.15, -0.1) is 11.3 Å². The van der Waals surface area contributed by atoms with Crippen LogP contribution >= 0.6 is 11.3 Å². The highest BCUT2D eigenvalue weighted by Gasteiger charge is 2.18. The summed E-state index contributed by atoms with van der Waals surface area (Å²) in [5.41, 5.74) is 0.311. The summed E-state index contributed by atoms with van der Waals surface area (Å²) in [6.45, 7) is 8.84. The van der Waals surface area contributed by atoms with Gasteiger partial charge in [0.1, 0.15) is 11.4 Å². The maximum Gasteiger partial charge on any atom is 0.413 e. The number of aromatic nitrogens is 1. The molecule has 1 aromatic heterocycles. The van der Waals surface area contributed by atoms with Crippen LogP contribution in [0.25, 0.3) is 0 Å². The summed E-state index contributed by atoms with van der Waals surface area (Å²) in [5, 5.41) is 3.11. The van der Waals surface area contributed by atoms with Gasteiger partial charge in [-0.25, -0.2) is 9.78 Å². The molecule has 0 aliphatic carbocycles. The van der Waals surface area contributed by atoms with E-state index in [4.69, 9.17) is 4.74 Å². The maximum atomic E-state index is 11.6. The zero-order valence-corrected chi connectivity index (χ0v) is 12.8. The summed E-state index contributed by atoms with van der Waals surface area (Å²) in [5.74, 6) is 0.148. The summed E-state index contributed by atoms with van der Waals surface area (Å²) in [7, 11) is 0. The van der Waals surface area contributed by atoms with Crippen molar-refractivity contribution in [1.82, 2.24) is 4.98 Å². The van der Waals surface area contributed by atoms with E-state index in [1.165, 1.54) is 11.3 Å². The lowest BCUT2D eigenvalue weighted by Crippen LogP contribution is -2.27. The van der Waals surface area contributed by atoms with Crippen LogP contribution in [0.1, 0.15) is 44.7 Å². The van der Waals surface area contributed by atoms with Gasteiger partial charge in [-0.3, -0.25) is 5.32 Å². The summed E-state index contributed by atoms with van der Waals surface area (Å²) in [6, 6.07) is 0. The van der Waals surface area contributed by atoms with Crippen LogP contribution in [0.2, 0.25) is 0 Å². The quantitative estimate of drug-likeness (QED) is 0.921. The van der Waals surface area contributed by atoms with E-state index in [-0.39, 0.29) is 5.78 Å². The topological polar surface area (TPSA) is 68.3 Å². The average Bonchev–Trinajstić information content (AvgIpc) is 2.52. The molecule has 1 rings (SSSR count). The van der Waals surface area contributed by atoms with E-state index in [0.29, 0.717) is 18.0 Å². The van der Waals surface area contributed by atoms with E-state index in [0.717, 1.165) is 10.6 Å². The summed E-state index contributed by atoms with van der Waals surface area (Å²) in [6.07, 6.45) is 0.642. The molecule has 0 spiro atoms. The normalized spacial score (nSPS) is 11.2. The Hall–Kier alpha value is -1.43. The third kappa shape index (κ3) is 5.83. The zero-order valence-electron chi connectivity index (χ0n) is 12.0. The van der Waals surface area contributed by atoms with Gasteiger partial charge in [-0.2, -0.15) is 0 Å². The minimum atomic E-state index is -0.534. The number of nitrogens with one attached hydrogen (secondary N) is 1. The van der Waals surface area contributed by atoms with Crippen molar-refractivity contribution in [1.29, 1.82) is 0 Å². The van der Waals surface area contributed by atoms with Gasteiger partial charge in [0.05, 0.1) is 5.69 Å². The van der Waals surface area contributed by atoms with Crippen molar-refractivity contribution in [3.05, 3.63) is 10.6 Å². The maximum absolute atomic E-state index is 11.6. The van der Waals surface area contributed by atoms with Gasteiger partial charge in [-0.05, 0) is 41.0 Å². The molecular formula is C13H20N2O3S. The fourth-order valence-electron chi connectivity index (χ4n) is 1.39. The molecule has 19 heavy (non-hydrogen) atoms. The number of amides is 1. The van der Waals surface area contributed by atoms with Gasteiger partial charge >= 0.3 is 6.09 Å². The Kier molecular flexibility index (Phi) is 5.05. The minimum absolute atomic E-state index is 0.148. The van der Waals surface area contributed by atoms with Crippen molar-refractivity contribution in [2.75, 3.05) is 5.32 Å². The first-order valence-corrected chi connectivity index (χ1v) is 6.95. The average molecular weight is 284 g/mol. The fourth-order valence-corrected chi connectivity index (χ4v) is 2.34. The van der Waals surface area contributed by atoms with Gasteiger partial charge in [0.25, 0.3) is 0 Å². The lowest BCUT2D eigenvalue weighted by Gasteiger charge is -2.18. The molecule has 0 radical (unpaired) electrons. The number of hydrogen-bond donors (Lipinski definition) is 1. The molecule has 0 aliphatic rings. The molecule has 1 N–H and O–H groups in total. The molecule has 0 saturated heterocycles. The van der Waals surface area contributed by atoms with Gasteiger partial charge in [0, 0.05) is 11.3 Å². The van der Waals surface area contributed by atoms with Crippen LogP contribution in [0.3, 0.4) is 0 Å². The smallest absolute Gasteiger partial charge is 0.413 e. The van der Waals surface area contributed by atoms with Crippen molar-refractivity contribution >= 4 is 28.3 Å². The lowest BCUT2D eigenvalue weighted by molar-refractivity contribution is -0.116. The van der Waals surface area contributed by atoms with E-state index >= 15 is 0 Å². The van der Waals surface area contributed by atoms with Crippen molar-refractivity contribution in [2.45, 2.75) is 53.1 Å². The summed E-state index contributed by atoms with van der Waals surface area (Å²) >= 11 is 1.38. The molecule has 0 aliphatic heterocycles. The number of nitrogens with zero attached hydrogens (tertiary/aromatic N) is 1. The third-order valence-electron chi connectivity index (χ3n) is 2.20. The number of Topliss-reactive ketones (excluding diaryl/α,β-unsaturated/α-hetero) is 1. The number of carbonyl (C=O) groups excluding carboxylic acids is 2. The minimum Gasteiger partial charge on any atom is -0.444 e. The molecular weight excluding hydrogens is 264 g/mol. The largest absolute Gasteiger partial charge is 0.444 e. The molecule has 0 aromatic carbocycles. The Morgan fingerprint density at radius 2 is 2.00 bits per heavy atom. The summed E-state index contributed by atoms with van der Waals surface area (Å²) < 4.78 is 5.15. The highest BCUT2D eigenvalue weighted by Crippen LogP contribution is 2.24. The van der Waals surface area contributed by atoms with E-state index < -0.39 is 11.7 Å². The number of anilines is 1. The van der Waals surface area contributed by atoms with Gasteiger partial charge < -0.3 is 9.53 Å². The predicted octanol–water partition coefficient (Wildman–Crippen LogP) is 3.32. The number of aryl methyl sites for hydroxylation is 2. The Morgan fingerprint density at radius 3 is 2.53 bits per heavy atom. The first kappa shape index (κ1) is 15.6. The summed E-state index contributed by atoms with van der Waals surface area (Å²) in [4.78, 5) is 27.8. The third-order valence-corrected chi connectivity index (χ3v) is 3.34. The molecule has 0 atom stereocenters. The molecule has 0 fully saturated rings. The van der Waals surface area contributed by atoms with E-state index in [1.807, 2.05) is 6.92 Å². The number of thiazole rings is 1. The van der Waals surface area contributed by atoms with Crippen LogP contribution in [0, 0.1) is 6.92 Å². The molecule has 1 aromatic rings. The number of carbonyl (C=O) groups is 2. The van der Waals surface area contributed by atoms with Crippen molar-refractivity contribution < 1.29 is 14.3 Å². The van der Waals surface area contributed by atoms with E-state index in [9.17, 15) is 9.59 Å². The lowest BCUT2D eigenvalue weighted by atomic mass is 10.2. The Morgan fingerprint density at radius 1 is 1.37 bits per heavy atom. The van der Waals surface area contributed by atoms with Gasteiger partial charge in [0.15, 0.2) is 5.13 Å². The van der Waals surface area contributed by atoms with Gasteiger partial charge in [0.2, 0.25) is 0 Å². The Bertz CT molecular complexity index is 475. The van der Waals surface area contributed by atoms with Crippen LogP contribution in [0.4, 0.5) is 9.93 Å². The standard InChI is InChI=1S/C13H20N2O3S/c1-8(16)6-7-10-9(2)14-11(19-10)15-12(17)18-13(3,4)5/h6-7H2,1-5H3,(H,14,15,17). The second-order valence-electron chi connectivity index (χ2n) is 5.36. The van der Waals surface area contributed by atoms with Crippen molar-refractivity contribution in [2.24, 2.45) is 0 Å². The van der Waals surface area contributed by atoms with Crippen LogP contribution < -0.4 is 5.32 Å². The van der Waals surface area contributed by atoms with Gasteiger partial charge in [-0.1, -0.05) is 0 Å². The molecule has 1 heterocycles. The molecule has 0 bridgehead atoms. The second-order valence-corrected chi connectivity index (χ2v) is 6.44. The van der Waals surface area contributed by atoms with Crippen molar-refractivity contribution in [3.8, 4) is 0 Å². The first-order chi connectivity index (χ1) is 8.67. The highest BCUT2D eigenvalue weighted by molar-refractivity contribution is 7.15. The number of ether oxygens (including phenoxy) is 1. The molecule has 106 valence electrons. The monoisotopic (exact) mass is 284 g/mol. The molecule has 6 heteroatoms. The molecule has 0 saturated carbocycles. The Balaban J connectivity index is 2.63. The second kappa shape index (κ2) is 6.14. The Labute approximate surface area is 117 Å².